The molecule has 0 aliphatic heterocycles. The van der Waals surface area contributed by atoms with Crippen LogP contribution in [-0.4, -0.2) is 11.8 Å². The number of aryl methyl sites for hydroxylation is 1. The van der Waals surface area contributed by atoms with Gasteiger partial charge >= 0.3 is 0 Å². The van der Waals surface area contributed by atoms with Gasteiger partial charge in [0.2, 0.25) is 5.91 Å². The van der Waals surface area contributed by atoms with Crippen molar-refractivity contribution in [3.05, 3.63) is 77.6 Å². The van der Waals surface area contributed by atoms with Gasteiger partial charge < -0.3 is 15.1 Å². The maximum absolute atomic E-state index is 13.0. The minimum atomic E-state index is -0.239. The predicted octanol–water partition coefficient (Wildman–Crippen LogP) is 5.73. The van der Waals surface area contributed by atoms with E-state index in [0.29, 0.717) is 5.76 Å². The lowest BCUT2D eigenvalue weighted by Gasteiger charge is -2.14. The van der Waals surface area contributed by atoms with E-state index >= 15 is 0 Å². The maximum Gasteiger partial charge on any atom is 0.287 e. The van der Waals surface area contributed by atoms with E-state index in [2.05, 4.69) is 10.6 Å². The van der Waals surface area contributed by atoms with Crippen molar-refractivity contribution in [3.8, 4) is 0 Å². The Morgan fingerprint density at radius 2 is 1.71 bits per heavy atom. The normalized spacial score (nSPS) is 14.5. The summed E-state index contributed by atoms with van der Waals surface area (Å²) in [7, 11) is 0. The number of nitrogens with one attached hydrogen (secondary N) is 2. The van der Waals surface area contributed by atoms with Gasteiger partial charge in [0.1, 0.15) is 5.58 Å². The molecule has 0 bridgehead atoms. The Kier molecular flexibility index (Phi) is 4.74. The summed E-state index contributed by atoms with van der Waals surface area (Å²) in [5.74, 6) is 0.354. The van der Waals surface area contributed by atoms with Crippen LogP contribution in [0.1, 0.15) is 47.5 Å². The third kappa shape index (κ3) is 3.67. The van der Waals surface area contributed by atoms with Gasteiger partial charge in [0.25, 0.3) is 5.91 Å². The molecule has 2 N–H and O–H groups in total. The third-order valence-corrected chi connectivity index (χ3v) is 6.01. The third-order valence-electron chi connectivity index (χ3n) is 6.01. The molecular formula is C26H24N2O3. The summed E-state index contributed by atoms with van der Waals surface area (Å²) in [5.41, 5.74) is 3.31. The van der Waals surface area contributed by atoms with Gasteiger partial charge in [-0.1, -0.05) is 48.5 Å². The van der Waals surface area contributed by atoms with Gasteiger partial charge in [0.15, 0.2) is 5.76 Å². The van der Waals surface area contributed by atoms with Crippen molar-refractivity contribution in [3.63, 3.8) is 0 Å². The van der Waals surface area contributed by atoms with Gasteiger partial charge in [-0.15, -0.1) is 0 Å². The van der Waals surface area contributed by atoms with Crippen molar-refractivity contribution >= 4 is 39.2 Å². The fourth-order valence-electron chi connectivity index (χ4n) is 3.96. The number of rotatable bonds is 5. The molecule has 5 rings (SSSR count). The minimum Gasteiger partial charge on any atom is -0.450 e. The highest BCUT2D eigenvalue weighted by molar-refractivity contribution is 6.09. The SMILES string of the molecule is Cc1c(C(=O)NC(C)c2ccc(NC(=O)C3CC3)cc2)oc2c1ccc1ccccc12. The van der Waals surface area contributed by atoms with Crippen LogP contribution in [0.2, 0.25) is 0 Å². The molecule has 3 aromatic carbocycles. The van der Waals surface area contributed by atoms with E-state index < -0.39 is 0 Å². The topological polar surface area (TPSA) is 71.3 Å². The van der Waals surface area contributed by atoms with Gasteiger partial charge in [0, 0.05) is 27.9 Å². The van der Waals surface area contributed by atoms with Crippen LogP contribution in [0, 0.1) is 12.8 Å². The molecule has 0 saturated heterocycles. The lowest BCUT2D eigenvalue weighted by atomic mass is 10.1. The Bertz CT molecular complexity index is 1300. The van der Waals surface area contributed by atoms with Crippen LogP contribution in [0.25, 0.3) is 21.7 Å². The number of hydrogen-bond acceptors (Lipinski definition) is 3. The number of furan rings is 1. The average molecular weight is 412 g/mol. The van der Waals surface area contributed by atoms with Crippen LogP contribution in [0.3, 0.4) is 0 Å². The summed E-state index contributed by atoms with van der Waals surface area (Å²) < 4.78 is 6.04. The zero-order valence-corrected chi connectivity index (χ0v) is 17.6. The summed E-state index contributed by atoms with van der Waals surface area (Å²) >= 11 is 0. The molecule has 156 valence electrons. The molecule has 5 heteroatoms. The van der Waals surface area contributed by atoms with Crippen LogP contribution in [-0.2, 0) is 4.79 Å². The van der Waals surface area contributed by atoms with Gasteiger partial charge in [-0.25, -0.2) is 0 Å². The predicted molar refractivity (Wildman–Crippen MR) is 122 cm³/mol. The first-order valence-corrected chi connectivity index (χ1v) is 10.6. The van der Waals surface area contributed by atoms with Crippen LogP contribution in [0.5, 0.6) is 0 Å². The molecule has 5 nitrogen and oxygen atoms in total. The second kappa shape index (κ2) is 7.58. The Morgan fingerprint density at radius 1 is 0.968 bits per heavy atom. The number of carbonyl (C=O) groups excluding carboxylic acids is 2. The number of hydrogen-bond donors (Lipinski definition) is 2. The molecule has 4 aromatic rings. The lowest BCUT2D eigenvalue weighted by molar-refractivity contribution is -0.117. The van der Waals surface area contributed by atoms with Crippen molar-refractivity contribution in [2.24, 2.45) is 5.92 Å². The number of benzene rings is 3. The Morgan fingerprint density at radius 3 is 2.45 bits per heavy atom. The van der Waals surface area contributed by atoms with E-state index in [4.69, 9.17) is 4.42 Å². The van der Waals surface area contributed by atoms with Gasteiger partial charge in [-0.3, -0.25) is 9.59 Å². The van der Waals surface area contributed by atoms with E-state index in [0.717, 1.165) is 51.4 Å². The van der Waals surface area contributed by atoms with Crippen LogP contribution in [0.4, 0.5) is 5.69 Å². The van der Waals surface area contributed by atoms with E-state index in [1.165, 1.54) is 0 Å². The van der Waals surface area contributed by atoms with E-state index in [9.17, 15) is 9.59 Å². The zero-order chi connectivity index (χ0) is 21.5. The molecule has 1 aromatic heterocycles. The highest BCUT2D eigenvalue weighted by atomic mass is 16.3. The van der Waals surface area contributed by atoms with Crippen molar-refractivity contribution < 1.29 is 14.0 Å². The quantitative estimate of drug-likeness (QED) is 0.439. The largest absolute Gasteiger partial charge is 0.450 e. The fraction of sp³-hybridized carbons (Fsp3) is 0.231. The molecule has 0 spiro atoms. The van der Waals surface area contributed by atoms with E-state index in [1.54, 1.807) is 0 Å². The number of amides is 2. The first-order chi connectivity index (χ1) is 15.0. The maximum atomic E-state index is 13.0. The fourth-order valence-corrected chi connectivity index (χ4v) is 3.96. The van der Waals surface area contributed by atoms with E-state index in [1.807, 2.05) is 74.5 Å². The lowest BCUT2D eigenvalue weighted by Crippen LogP contribution is -2.26. The smallest absolute Gasteiger partial charge is 0.287 e. The highest BCUT2D eigenvalue weighted by Gasteiger charge is 2.29. The zero-order valence-electron chi connectivity index (χ0n) is 17.6. The molecule has 1 atom stereocenters. The Labute approximate surface area is 180 Å². The molecule has 31 heavy (non-hydrogen) atoms. The summed E-state index contributed by atoms with van der Waals surface area (Å²) in [6, 6.07) is 19.4. The highest BCUT2D eigenvalue weighted by Crippen LogP contribution is 2.32. The Hall–Kier alpha value is -3.60. The summed E-state index contributed by atoms with van der Waals surface area (Å²) in [6.45, 7) is 3.85. The molecule has 1 saturated carbocycles. The first-order valence-electron chi connectivity index (χ1n) is 10.6. The molecule has 2 amide bonds. The number of fused-ring (bicyclic) bond motifs is 3. The monoisotopic (exact) mass is 412 g/mol. The molecule has 1 aliphatic carbocycles. The number of anilines is 1. The second-order valence-electron chi connectivity index (χ2n) is 8.30. The van der Waals surface area contributed by atoms with Crippen LogP contribution in [0.15, 0.2) is 65.1 Å². The summed E-state index contributed by atoms with van der Waals surface area (Å²) in [5, 5.41) is 8.99. The van der Waals surface area contributed by atoms with Gasteiger partial charge in [-0.05, 0) is 49.8 Å². The standard InChI is InChI=1S/C26H24N2O3/c1-15-21-14-11-18-5-3-4-6-22(18)24(21)31-23(15)26(30)27-16(2)17-9-12-20(13-10-17)28-25(29)19-7-8-19/h3-6,9-14,16,19H,7-8H2,1-2H3,(H,27,30)(H,28,29). The molecule has 1 fully saturated rings. The van der Waals surface area contributed by atoms with Crippen molar-refractivity contribution in [1.29, 1.82) is 0 Å². The van der Waals surface area contributed by atoms with E-state index in [-0.39, 0.29) is 23.8 Å². The summed E-state index contributed by atoms with van der Waals surface area (Å²) in [6.07, 6.45) is 1.95. The van der Waals surface area contributed by atoms with Crippen molar-refractivity contribution in [1.82, 2.24) is 5.32 Å². The van der Waals surface area contributed by atoms with Gasteiger partial charge in [0.05, 0.1) is 6.04 Å². The minimum absolute atomic E-state index is 0.0852. The average Bonchev–Trinajstić information content (AvgIpc) is 3.57. The molecular weight excluding hydrogens is 388 g/mol. The molecule has 0 radical (unpaired) electrons. The van der Waals surface area contributed by atoms with Crippen LogP contribution < -0.4 is 10.6 Å². The van der Waals surface area contributed by atoms with Crippen molar-refractivity contribution in [2.75, 3.05) is 5.32 Å². The first kappa shape index (κ1) is 19.4. The van der Waals surface area contributed by atoms with Crippen molar-refractivity contribution in [2.45, 2.75) is 32.7 Å². The second-order valence-corrected chi connectivity index (χ2v) is 8.30. The van der Waals surface area contributed by atoms with Gasteiger partial charge in [-0.2, -0.15) is 0 Å². The van der Waals surface area contributed by atoms with Crippen LogP contribution >= 0.6 is 0 Å². The molecule has 1 unspecified atom stereocenters. The summed E-state index contributed by atoms with van der Waals surface area (Å²) in [4.78, 5) is 24.9. The Balaban J connectivity index is 1.34. The molecule has 1 aliphatic rings. The number of carbonyl (C=O) groups is 2. The molecule has 1 heterocycles.